The lowest BCUT2D eigenvalue weighted by Gasteiger charge is -2.08. The number of furan rings is 1. The molecule has 5 heteroatoms. The van der Waals surface area contributed by atoms with Gasteiger partial charge in [-0.25, -0.2) is 9.97 Å². The summed E-state index contributed by atoms with van der Waals surface area (Å²) in [5.41, 5.74) is 3.24. The highest BCUT2D eigenvalue weighted by molar-refractivity contribution is 6.06. The molecule has 0 saturated carbocycles. The fraction of sp³-hybridized carbons (Fsp3) is 0.158. The number of hydrogen-bond acceptors (Lipinski definition) is 5. The van der Waals surface area contributed by atoms with Gasteiger partial charge in [-0.2, -0.15) is 0 Å². The van der Waals surface area contributed by atoms with Crippen LogP contribution in [0.3, 0.4) is 0 Å². The first-order valence-electron chi connectivity index (χ1n) is 7.87. The van der Waals surface area contributed by atoms with Crippen LogP contribution in [-0.2, 0) is 6.42 Å². The molecule has 4 aromatic rings. The number of hydrogen-bond donors (Lipinski definition) is 1. The zero-order valence-electron chi connectivity index (χ0n) is 13.5. The molecular weight excluding hydrogens is 302 g/mol. The van der Waals surface area contributed by atoms with E-state index in [-0.39, 0.29) is 0 Å². The van der Waals surface area contributed by atoms with Crippen molar-refractivity contribution >= 4 is 33.6 Å². The van der Waals surface area contributed by atoms with Crippen molar-refractivity contribution in [3.05, 3.63) is 54.4 Å². The summed E-state index contributed by atoms with van der Waals surface area (Å²) in [4.78, 5) is 9.25. The highest BCUT2D eigenvalue weighted by Crippen LogP contribution is 2.32. The second-order valence-corrected chi connectivity index (χ2v) is 5.47. The summed E-state index contributed by atoms with van der Waals surface area (Å²) < 4.78 is 11.2. The summed E-state index contributed by atoms with van der Waals surface area (Å²) in [7, 11) is 1.65. The van der Waals surface area contributed by atoms with E-state index in [9.17, 15) is 0 Å². The highest BCUT2D eigenvalue weighted by atomic mass is 16.5. The Morgan fingerprint density at radius 2 is 1.83 bits per heavy atom. The van der Waals surface area contributed by atoms with Gasteiger partial charge in [0.05, 0.1) is 7.11 Å². The van der Waals surface area contributed by atoms with Gasteiger partial charge in [-0.15, -0.1) is 0 Å². The van der Waals surface area contributed by atoms with Crippen LogP contribution in [0.5, 0.6) is 5.75 Å². The third kappa shape index (κ3) is 2.44. The third-order valence-corrected chi connectivity index (χ3v) is 3.94. The minimum absolute atomic E-state index is 0.671. The molecule has 0 unspecified atom stereocenters. The van der Waals surface area contributed by atoms with Gasteiger partial charge in [-0.3, -0.25) is 0 Å². The van der Waals surface area contributed by atoms with Gasteiger partial charge in [0.2, 0.25) is 0 Å². The Labute approximate surface area is 139 Å². The molecule has 2 heterocycles. The molecule has 0 saturated heterocycles. The number of benzene rings is 2. The molecule has 0 atom stereocenters. The Kier molecular flexibility index (Phi) is 3.54. The van der Waals surface area contributed by atoms with Crippen molar-refractivity contribution in [1.82, 2.24) is 9.97 Å². The van der Waals surface area contributed by atoms with E-state index in [1.165, 1.54) is 0 Å². The van der Waals surface area contributed by atoms with Gasteiger partial charge < -0.3 is 14.5 Å². The van der Waals surface area contributed by atoms with Crippen molar-refractivity contribution in [2.75, 3.05) is 12.4 Å². The van der Waals surface area contributed by atoms with Crippen molar-refractivity contribution in [3.8, 4) is 5.75 Å². The molecule has 0 spiro atoms. The van der Waals surface area contributed by atoms with E-state index in [0.29, 0.717) is 11.4 Å². The maximum absolute atomic E-state index is 5.99. The molecule has 0 fully saturated rings. The maximum atomic E-state index is 5.99. The average Bonchev–Trinajstić information content (AvgIpc) is 3.01. The van der Waals surface area contributed by atoms with E-state index in [0.717, 1.165) is 40.2 Å². The molecule has 1 N–H and O–H groups in total. The van der Waals surface area contributed by atoms with Crippen LogP contribution in [0.2, 0.25) is 0 Å². The number of methoxy groups -OCH3 is 1. The number of aromatic nitrogens is 2. The lowest BCUT2D eigenvalue weighted by atomic mass is 10.2. The molecule has 0 bridgehead atoms. The van der Waals surface area contributed by atoms with Crippen molar-refractivity contribution in [2.45, 2.75) is 13.3 Å². The Morgan fingerprint density at radius 1 is 1.04 bits per heavy atom. The predicted octanol–water partition coefficient (Wildman–Crippen LogP) is 4.69. The number of nitrogens with one attached hydrogen (secondary N) is 1. The van der Waals surface area contributed by atoms with Gasteiger partial charge in [0.25, 0.3) is 0 Å². The molecule has 24 heavy (non-hydrogen) atoms. The molecule has 2 aromatic heterocycles. The summed E-state index contributed by atoms with van der Waals surface area (Å²) in [6.07, 6.45) is 0.757. The molecular formula is C19H17N3O2. The Morgan fingerprint density at radius 3 is 2.58 bits per heavy atom. The number of rotatable bonds is 4. The number of anilines is 2. The second-order valence-electron chi connectivity index (χ2n) is 5.47. The molecule has 120 valence electrons. The summed E-state index contributed by atoms with van der Waals surface area (Å²) in [6, 6.07) is 15.6. The Bertz CT molecular complexity index is 1010. The monoisotopic (exact) mass is 319 g/mol. The number of fused-ring (bicyclic) bond motifs is 3. The normalized spacial score (nSPS) is 11.1. The number of aryl methyl sites for hydroxylation is 1. The van der Waals surface area contributed by atoms with E-state index in [4.69, 9.17) is 9.15 Å². The fourth-order valence-corrected chi connectivity index (χ4v) is 2.69. The topological polar surface area (TPSA) is 60.2 Å². The zero-order chi connectivity index (χ0) is 16.5. The molecule has 0 aliphatic heterocycles. The number of nitrogens with zero attached hydrogens (tertiary/aromatic N) is 2. The molecule has 5 nitrogen and oxygen atoms in total. The molecule has 0 amide bonds. The minimum Gasteiger partial charge on any atom is -0.497 e. The third-order valence-electron chi connectivity index (χ3n) is 3.94. The largest absolute Gasteiger partial charge is 0.497 e. The van der Waals surface area contributed by atoms with Crippen LogP contribution >= 0.6 is 0 Å². The summed E-state index contributed by atoms with van der Waals surface area (Å²) >= 11 is 0. The quantitative estimate of drug-likeness (QED) is 0.591. The van der Waals surface area contributed by atoms with Gasteiger partial charge in [-0.1, -0.05) is 19.1 Å². The number of para-hydroxylation sites is 1. The van der Waals surface area contributed by atoms with Crippen molar-refractivity contribution < 1.29 is 9.15 Å². The molecule has 0 radical (unpaired) electrons. The predicted molar refractivity (Wildman–Crippen MR) is 95.0 cm³/mol. The summed E-state index contributed by atoms with van der Waals surface area (Å²) in [5, 5.41) is 4.34. The average molecular weight is 319 g/mol. The van der Waals surface area contributed by atoms with Crippen molar-refractivity contribution in [1.29, 1.82) is 0 Å². The maximum Gasteiger partial charge on any atom is 0.196 e. The molecule has 4 rings (SSSR count). The van der Waals surface area contributed by atoms with Crippen LogP contribution < -0.4 is 10.1 Å². The van der Waals surface area contributed by atoms with E-state index in [1.807, 2.05) is 55.5 Å². The smallest absolute Gasteiger partial charge is 0.196 e. The van der Waals surface area contributed by atoms with Crippen LogP contribution in [-0.4, -0.2) is 17.1 Å². The first-order chi connectivity index (χ1) is 11.8. The van der Waals surface area contributed by atoms with Gasteiger partial charge >= 0.3 is 0 Å². The van der Waals surface area contributed by atoms with E-state index in [1.54, 1.807) is 7.11 Å². The fourth-order valence-electron chi connectivity index (χ4n) is 2.69. The van der Waals surface area contributed by atoms with Crippen LogP contribution in [0.4, 0.5) is 11.5 Å². The molecule has 0 aliphatic rings. The van der Waals surface area contributed by atoms with Gasteiger partial charge in [0.1, 0.15) is 22.7 Å². The second kappa shape index (κ2) is 5.85. The SMILES string of the molecule is CCc1nc(Nc2ccc(OC)cc2)c2oc3ccccc3c2n1. The van der Waals surface area contributed by atoms with Crippen molar-refractivity contribution in [2.24, 2.45) is 0 Å². The Balaban J connectivity index is 1.86. The Hall–Kier alpha value is -3.08. The lowest BCUT2D eigenvalue weighted by Crippen LogP contribution is -2.00. The first kappa shape index (κ1) is 14.5. The molecule has 2 aromatic carbocycles. The van der Waals surface area contributed by atoms with E-state index >= 15 is 0 Å². The standard InChI is InChI=1S/C19H17N3O2/c1-3-16-21-17-14-6-4-5-7-15(14)24-18(17)19(22-16)20-12-8-10-13(23-2)11-9-12/h4-11H,3H2,1-2H3,(H,20,21,22). The summed E-state index contributed by atoms with van der Waals surface area (Å²) in [5.74, 6) is 2.27. The lowest BCUT2D eigenvalue weighted by molar-refractivity contribution is 0.415. The summed E-state index contributed by atoms with van der Waals surface area (Å²) in [6.45, 7) is 2.04. The first-order valence-corrected chi connectivity index (χ1v) is 7.87. The number of ether oxygens (including phenoxy) is 1. The van der Waals surface area contributed by atoms with Gasteiger partial charge in [0, 0.05) is 17.5 Å². The van der Waals surface area contributed by atoms with Crippen LogP contribution in [0.25, 0.3) is 22.1 Å². The minimum atomic E-state index is 0.671. The van der Waals surface area contributed by atoms with Crippen LogP contribution in [0, 0.1) is 0 Å². The van der Waals surface area contributed by atoms with Gasteiger partial charge in [0.15, 0.2) is 11.4 Å². The molecule has 0 aliphatic carbocycles. The van der Waals surface area contributed by atoms with E-state index < -0.39 is 0 Å². The zero-order valence-corrected chi connectivity index (χ0v) is 13.5. The van der Waals surface area contributed by atoms with Crippen LogP contribution in [0.1, 0.15) is 12.7 Å². The van der Waals surface area contributed by atoms with Crippen molar-refractivity contribution in [3.63, 3.8) is 0 Å². The van der Waals surface area contributed by atoms with Crippen LogP contribution in [0.15, 0.2) is 52.9 Å². The van der Waals surface area contributed by atoms with Gasteiger partial charge in [-0.05, 0) is 36.4 Å². The highest BCUT2D eigenvalue weighted by Gasteiger charge is 2.15. The van der Waals surface area contributed by atoms with E-state index in [2.05, 4.69) is 15.3 Å².